The van der Waals surface area contributed by atoms with Gasteiger partial charge in [0.2, 0.25) is 5.91 Å². The Bertz CT molecular complexity index is 1140. The molecule has 2 amide bonds. The Kier molecular flexibility index (Phi) is 5.86. The Hall–Kier alpha value is -3.25. The van der Waals surface area contributed by atoms with E-state index in [1.165, 1.54) is 0 Å². The third-order valence-electron chi connectivity index (χ3n) is 6.56. The molecule has 0 radical (unpaired) electrons. The molecule has 6 heteroatoms. The van der Waals surface area contributed by atoms with E-state index in [2.05, 4.69) is 20.9 Å². The number of hydrogen-bond acceptors (Lipinski definition) is 4. The molecular formula is C26H28N4O2. The van der Waals surface area contributed by atoms with Crippen LogP contribution in [0.1, 0.15) is 41.1 Å². The van der Waals surface area contributed by atoms with Crippen LogP contribution >= 0.6 is 0 Å². The lowest BCUT2D eigenvalue weighted by Gasteiger charge is -2.22. The van der Waals surface area contributed by atoms with Crippen LogP contribution in [0.2, 0.25) is 0 Å². The number of aromatic nitrogens is 1. The molecule has 1 aromatic heterocycles. The highest BCUT2D eigenvalue weighted by Gasteiger charge is 2.44. The standard InChI is InChI=1S/C26H28N4O2/c31-25(29-15-17-3-2-9-27-14-17)20-5-1-4-19(11-20)23-13-24(23)26(32)30-22-7-6-21-16-28-10-8-18(21)12-22/h1,4-8,10-12,16-17,23-24,27H,2-3,9,13-15H2,(H,29,31)(H,30,32)/t17?,23-,24+/m0/s1. The van der Waals surface area contributed by atoms with Gasteiger partial charge in [-0.3, -0.25) is 14.6 Å². The van der Waals surface area contributed by atoms with Gasteiger partial charge in [0.25, 0.3) is 5.91 Å². The number of carbonyl (C=O) groups excluding carboxylic acids is 2. The Labute approximate surface area is 187 Å². The minimum atomic E-state index is -0.0604. The highest BCUT2D eigenvalue weighted by Crippen LogP contribution is 2.48. The fourth-order valence-corrected chi connectivity index (χ4v) is 4.60. The summed E-state index contributed by atoms with van der Waals surface area (Å²) < 4.78 is 0. The molecule has 5 rings (SSSR count). The third kappa shape index (κ3) is 4.65. The normalized spacial score (nSPS) is 22.3. The van der Waals surface area contributed by atoms with Crippen molar-refractivity contribution in [2.24, 2.45) is 11.8 Å². The van der Waals surface area contributed by atoms with E-state index < -0.39 is 0 Å². The Morgan fingerprint density at radius 2 is 2.03 bits per heavy atom. The van der Waals surface area contributed by atoms with Crippen LogP contribution in [0.5, 0.6) is 0 Å². The first-order chi connectivity index (χ1) is 15.7. The van der Waals surface area contributed by atoms with Gasteiger partial charge in [0, 0.05) is 41.5 Å². The summed E-state index contributed by atoms with van der Waals surface area (Å²) in [6, 6.07) is 15.5. The molecule has 3 N–H and O–H groups in total. The van der Waals surface area contributed by atoms with Crippen molar-refractivity contribution < 1.29 is 9.59 Å². The Morgan fingerprint density at radius 1 is 1.09 bits per heavy atom. The summed E-state index contributed by atoms with van der Waals surface area (Å²) >= 11 is 0. The van der Waals surface area contributed by atoms with Crippen molar-refractivity contribution in [2.75, 3.05) is 25.0 Å². The topological polar surface area (TPSA) is 83.1 Å². The van der Waals surface area contributed by atoms with Gasteiger partial charge in [-0.25, -0.2) is 0 Å². The zero-order valence-electron chi connectivity index (χ0n) is 18.0. The first kappa shape index (κ1) is 20.6. The van der Waals surface area contributed by atoms with Crippen LogP contribution in [0.15, 0.2) is 60.9 Å². The number of fused-ring (bicyclic) bond motifs is 1. The van der Waals surface area contributed by atoms with E-state index in [9.17, 15) is 9.59 Å². The van der Waals surface area contributed by atoms with Crippen molar-refractivity contribution in [3.63, 3.8) is 0 Å². The van der Waals surface area contributed by atoms with Gasteiger partial charge < -0.3 is 16.0 Å². The lowest BCUT2D eigenvalue weighted by Crippen LogP contribution is -2.38. The predicted molar refractivity (Wildman–Crippen MR) is 126 cm³/mol. The van der Waals surface area contributed by atoms with Crippen LogP contribution in [0.25, 0.3) is 10.8 Å². The largest absolute Gasteiger partial charge is 0.352 e. The number of amides is 2. The highest BCUT2D eigenvalue weighted by atomic mass is 16.2. The quantitative estimate of drug-likeness (QED) is 0.559. The van der Waals surface area contributed by atoms with Crippen LogP contribution in [-0.4, -0.2) is 36.4 Å². The molecule has 164 valence electrons. The van der Waals surface area contributed by atoms with Crippen molar-refractivity contribution in [1.29, 1.82) is 0 Å². The molecule has 32 heavy (non-hydrogen) atoms. The number of nitrogens with zero attached hydrogens (tertiary/aromatic N) is 1. The van der Waals surface area contributed by atoms with Crippen molar-refractivity contribution in [2.45, 2.75) is 25.2 Å². The smallest absolute Gasteiger partial charge is 0.251 e. The SMILES string of the molecule is O=C(NCC1CCCNC1)c1cccc([C@@H]2C[C@H]2C(=O)Nc2ccc3cnccc3c2)c1. The maximum atomic E-state index is 12.8. The van der Waals surface area contributed by atoms with Gasteiger partial charge in [0.15, 0.2) is 0 Å². The predicted octanol–water partition coefficient (Wildman–Crippen LogP) is 3.71. The minimum absolute atomic E-state index is 0.0306. The molecule has 1 aliphatic heterocycles. The first-order valence-electron chi connectivity index (χ1n) is 11.4. The second-order valence-corrected chi connectivity index (χ2v) is 8.92. The molecule has 2 heterocycles. The number of carbonyl (C=O) groups is 2. The summed E-state index contributed by atoms with van der Waals surface area (Å²) in [6.07, 6.45) is 6.69. The Balaban J connectivity index is 1.18. The number of pyridine rings is 1. The summed E-state index contributed by atoms with van der Waals surface area (Å²) in [7, 11) is 0. The molecule has 6 nitrogen and oxygen atoms in total. The van der Waals surface area contributed by atoms with Gasteiger partial charge in [0.05, 0.1) is 0 Å². The molecule has 1 unspecified atom stereocenters. The van der Waals surface area contributed by atoms with Crippen LogP contribution in [0.3, 0.4) is 0 Å². The van der Waals surface area contributed by atoms with Gasteiger partial charge in [-0.05, 0) is 85.5 Å². The number of rotatable bonds is 6. The second-order valence-electron chi connectivity index (χ2n) is 8.92. The van der Waals surface area contributed by atoms with Gasteiger partial charge in [0.1, 0.15) is 0 Å². The van der Waals surface area contributed by atoms with Crippen LogP contribution < -0.4 is 16.0 Å². The zero-order chi connectivity index (χ0) is 21.9. The molecule has 2 aliphatic rings. The molecule has 1 saturated heterocycles. The summed E-state index contributed by atoms with van der Waals surface area (Å²) in [5.74, 6) is 0.594. The average molecular weight is 429 g/mol. The summed E-state index contributed by atoms with van der Waals surface area (Å²) in [4.78, 5) is 29.5. The van der Waals surface area contributed by atoms with E-state index in [0.29, 0.717) is 18.0 Å². The van der Waals surface area contributed by atoms with Crippen molar-refractivity contribution in [1.82, 2.24) is 15.6 Å². The summed E-state index contributed by atoms with van der Waals surface area (Å²) in [6.45, 7) is 2.74. The van der Waals surface area contributed by atoms with E-state index in [0.717, 1.165) is 54.4 Å². The molecule has 0 spiro atoms. The van der Waals surface area contributed by atoms with E-state index in [-0.39, 0.29) is 23.7 Å². The summed E-state index contributed by atoms with van der Waals surface area (Å²) in [5, 5.41) is 11.6. The number of hydrogen-bond donors (Lipinski definition) is 3. The van der Waals surface area contributed by atoms with Gasteiger partial charge in [-0.1, -0.05) is 18.2 Å². The number of benzene rings is 2. The monoisotopic (exact) mass is 428 g/mol. The highest BCUT2D eigenvalue weighted by molar-refractivity contribution is 5.98. The second kappa shape index (κ2) is 9.09. The molecule has 1 saturated carbocycles. The van der Waals surface area contributed by atoms with E-state index >= 15 is 0 Å². The number of anilines is 1. The average Bonchev–Trinajstić information content (AvgIpc) is 3.65. The van der Waals surface area contributed by atoms with Crippen molar-refractivity contribution in [3.05, 3.63) is 72.1 Å². The van der Waals surface area contributed by atoms with Gasteiger partial charge >= 0.3 is 0 Å². The molecule has 2 fully saturated rings. The number of nitrogens with one attached hydrogen (secondary N) is 3. The zero-order valence-corrected chi connectivity index (χ0v) is 18.0. The van der Waals surface area contributed by atoms with Gasteiger partial charge in [-0.15, -0.1) is 0 Å². The van der Waals surface area contributed by atoms with Crippen molar-refractivity contribution >= 4 is 28.3 Å². The molecule has 3 aromatic rings. The van der Waals surface area contributed by atoms with Gasteiger partial charge in [-0.2, -0.15) is 0 Å². The van der Waals surface area contributed by atoms with Crippen LogP contribution in [0, 0.1) is 11.8 Å². The fourth-order valence-electron chi connectivity index (χ4n) is 4.60. The maximum Gasteiger partial charge on any atom is 0.251 e. The van der Waals surface area contributed by atoms with Crippen LogP contribution in [0.4, 0.5) is 5.69 Å². The number of piperidine rings is 1. The molecule has 3 atom stereocenters. The Morgan fingerprint density at radius 3 is 2.91 bits per heavy atom. The molecule has 1 aliphatic carbocycles. The molecular weight excluding hydrogens is 400 g/mol. The van der Waals surface area contributed by atoms with Crippen molar-refractivity contribution in [3.8, 4) is 0 Å². The maximum absolute atomic E-state index is 12.8. The lowest BCUT2D eigenvalue weighted by molar-refractivity contribution is -0.117. The van der Waals surface area contributed by atoms with Crippen LogP contribution in [-0.2, 0) is 4.79 Å². The fraction of sp³-hybridized carbons (Fsp3) is 0.346. The van der Waals surface area contributed by atoms with E-state index in [1.807, 2.05) is 54.7 Å². The third-order valence-corrected chi connectivity index (χ3v) is 6.56. The van der Waals surface area contributed by atoms with E-state index in [4.69, 9.17) is 0 Å². The first-order valence-corrected chi connectivity index (χ1v) is 11.4. The molecule has 2 aromatic carbocycles. The molecule has 0 bridgehead atoms. The van der Waals surface area contributed by atoms with E-state index in [1.54, 1.807) is 6.20 Å². The minimum Gasteiger partial charge on any atom is -0.352 e. The summed E-state index contributed by atoms with van der Waals surface area (Å²) in [5.41, 5.74) is 2.52. The lowest BCUT2D eigenvalue weighted by atomic mass is 9.99.